The van der Waals surface area contributed by atoms with E-state index in [0.717, 1.165) is 0 Å². The molecule has 20 aromatic rings. The summed E-state index contributed by atoms with van der Waals surface area (Å²) in [5, 5.41) is 44.5. The van der Waals surface area contributed by atoms with E-state index in [1.807, 2.05) is 0 Å². The molecule has 0 fully saturated rings. The van der Waals surface area contributed by atoms with E-state index >= 15 is 0 Å². The molecular formula is C126H142. The second-order valence-electron chi connectivity index (χ2n) is 41.0. The van der Waals surface area contributed by atoms with Crippen molar-refractivity contribution in [2.75, 3.05) is 0 Å². The van der Waals surface area contributed by atoms with Crippen molar-refractivity contribution in [1.29, 1.82) is 0 Å². The van der Waals surface area contributed by atoms with Crippen LogP contribution in [0.3, 0.4) is 0 Å². The first-order valence-corrected chi connectivity index (χ1v) is 47.1. The minimum atomic E-state index is 1.40. The molecule has 0 aliphatic heterocycles. The highest BCUT2D eigenvalue weighted by molar-refractivity contribution is 6.34. The maximum Gasteiger partial charge on any atom is -0.00153 e. The van der Waals surface area contributed by atoms with Crippen molar-refractivity contribution < 1.29 is 0 Å². The van der Waals surface area contributed by atoms with E-state index in [4.69, 9.17) is 0 Å². The summed E-state index contributed by atoms with van der Waals surface area (Å²) < 4.78 is 0. The van der Waals surface area contributed by atoms with Crippen LogP contribution < -0.4 is 0 Å². The lowest BCUT2D eigenvalue weighted by atomic mass is 9.77. The highest BCUT2D eigenvalue weighted by atomic mass is 14.3. The van der Waals surface area contributed by atoms with Crippen molar-refractivity contribution in [3.63, 3.8) is 0 Å². The summed E-state index contributed by atoms with van der Waals surface area (Å²) in [5.41, 5.74) is 66.5. The lowest BCUT2D eigenvalue weighted by Gasteiger charge is -2.27. The van der Waals surface area contributed by atoms with Gasteiger partial charge in [0.05, 0.1) is 0 Å². The first kappa shape index (κ1) is 89.0. The van der Waals surface area contributed by atoms with E-state index in [1.54, 1.807) is 0 Å². The molecule has 0 aliphatic rings. The molecule has 0 atom stereocenters. The average Bonchev–Trinajstić information content (AvgIpc) is 0.654. The van der Waals surface area contributed by atoms with E-state index < -0.39 is 0 Å². The van der Waals surface area contributed by atoms with Gasteiger partial charge in [-0.15, -0.1) is 0 Å². The van der Waals surface area contributed by atoms with E-state index in [2.05, 4.69) is 343 Å². The molecule has 0 heterocycles. The Morgan fingerprint density at radius 1 is 0.0714 bits per heavy atom. The van der Waals surface area contributed by atoms with Gasteiger partial charge < -0.3 is 0 Å². The van der Waals surface area contributed by atoms with Gasteiger partial charge in [0.25, 0.3) is 0 Å². The Hall–Kier alpha value is -10.4. The van der Waals surface area contributed by atoms with Gasteiger partial charge in [-0.3, -0.25) is 0 Å². The Morgan fingerprint density at radius 3 is 0.381 bits per heavy atom. The van der Waals surface area contributed by atoms with E-state index in [1.165, 1.54) is 418 Å². The molecule has 0 aliphatic carbocycles. The van der Waals surface area contributed by atoms with Crippen molar-refractivity contribution >= 4 is 162 Å². The summed E-state index contributed by atoms with van der Waals surface area (Å²) in [4.78, 5) is 0. The smallest absolute Gasteiger partial charge is 0.00153 e. The molecule has 0 spiro atoms. The molecule has 0 aromatic heterocycles. The van der Waals surface area contributed by atoms with Crippen molar-refractivity contribution in [1.82, 2.24) is 0 Å². The van der Waals surface area contributed by atoms with Crippen molar-refractivity contribution in [2.45, 2.75) is 318 Å². The summed E-state index contributed by atoms with van der Waals surface area (Å²) in [5.74, 6) is 0. The fourth-order valence-electron chi connectivity index (χ4n) is 26.0. The summed E-state index contributed by atoms with van der Waals surface area (Å²) in [6.07, 6.45) is 0. The summed E-state index contributed by atoms with van der Waals surface area (Å²) in [6.45, 7) is 106. The van der Waals surface area contributed by atoms with E-state index in [0.29, 0.717) is 0 Å². The fourth-order valence-corrected chi connectivity index (χ4v) is 26.0. The van der Waals surface area contributed by atoms with E-state index in [-0.39, 0.29) is 0 Å². The third-order valence-electron chi connectivity index (χ3n) is 36.0. The number of rotatable bonds is 0. The Bertz CT molecular complexity index is 7730. The van der Waals surface area contributed by atoms with Crippen LogP contribution in [0.5, 0.6) is 0 Å². The molecule has 0 N–H and O–H groups in total. The van der Waals surface area contributed by atoms with Gasteiger partial charge in [-0.05, 0) is 736 Å². The van der Waals surface area contributed by atoms with Crippen molar-refractivity contribution in [3.8, 4) is 0 Å². The standard InChI is InChI=1S/C26H30.4C25H28/c1-11-13(3)21-17(7)19(9)23-15(5)12(2)16(6)24-20(10)18(8)22(14(11)4)25(21)26(23)24;2*1-11-10-20-14(4)12(2)16(6)22-18(8)19(9)23-17(7)13(3)15(5)21(11)25(23)24(20)22;1-11-10-20-14(4)17(7)22-15(5)13(3)16(6)23-19(9)18(8)21(12(11)2)24(20)25(22)23;1-11-10-12(2)21-17(7)19(9)23-15(5)13(3)14(4)22-18(8)16(6)20(11)24(21)25(22)23/h1-10H3;4*10H,1-9H3. The van der Waals surface area contributed by atoms with Crippen molar-refractivity contribution in [2.24, 2.45) is 0 Å². The Balaban J connectivity index is 0.000000116. The molecule has 126 heavy (non-hydrogen) atoms. The molecule has 0 bridgehead atoms. The first-order chi connectivity index (χ1) is 58.8. The maximum atomic E-state index is 2.43. The maximum absolute atomic E-state index is 2.43. The van der Waals surface area contributed by atoms with E-state index in [9.17, 15) is 0 Å². The molecule has 0 heteroatoms. The fraction of sp³-hybridized carbons (Fsp3) is 0.365. The molecule has 0 nitrogen and oxygen atoms in total. The lowest BCUT2D eigenvalue weighted by Crippen LogP contribution is -2.04. The molecule has 0 saturated heterocycles. The van der Waals surface area contributed by atoms with Crippen LogP contribution in [-0.4, -0.2) is 0 Å². The summed E-state index contributed by atoms with van der Waals surface area (Å²) >= 11 is 0. The summed E-state index contributed by atoms with van der Waals surface area (Å²) in [6, 6.07) is 9.66. The normalized spacial score (nSPS) is 12.2. The van der Waals surface area contributed by atoms with Crippen LogP contribution >= 0.6 is 0 Å². The molecule has 646 valence electrons. The molecule has 0 unspecified atom stereocenters. The highest BCUT2D eigenvalue weighted by Crippen LogP contribution is 2.55. The van der Waals surface area contributed by atoms with Gasteiger partial charge in [0.1, 0.15) is 0 Å². The molecular weight excluding hydrogens is 1510 g/mol. The van der Waals surface area contributed by atoms with Crippen LogP contribution in [0, 0.1) is 318 Å². The largest absolute Gasteiger partial charge is 0.0551 e. The number of hydrogen-bond acceptors (Lipinski definition) is 0. The van der Waals surface area contributed by atoms with Crippen LogP contribution in [0.4, 0.5) is 0 Å². The quantitative estimate of drug-likeness (QED) is 0.133. The van der Waals surface area contributed by atoms with Crippen LogP contribution in [0.25, 0.3) is 162 Å². The van der Waals surface area contributed by atoms with Gasteiger partial charge in [0, 0.05) is 0 Å². The predicted octanol–water partition coefficient (Wildman–Crippen LogP) is 37.1. The minimum Gasteiger partial charge on any atom is -0.0551 e. The molecule has 0 saturated carbocycles. The predicted molar refractivity (Wildman–Crippen MR) is 569 cm³/mol. The molecule has 20 rings (SSSR count). The topological polar surface area (TPSA) is 0 Å². The average molecular weight is 1660 g/mol. The van der Waals surface area contributed by atoms with Crippen LogP contribution in [0.2, 0.25) is 0 Å². The van der Waals surface area contributed by atoms with Crippen LogP contribution in [-0.2, 0) is 0 Å². The Labute approximate surface area is 755 Å². The minimum absolute atomic E-state index is 1.40. The van der Waals surface area contributed by atoms with Gasteiger partial charge >= 0.3 is 0 Å². The zero-order chi connectivity index (χ0) is 92.7. The van der Waals surface area contributed by atoms with Gasteiger partial charge in [0.15, 0.2) is 0 Å². The first-order valence-electron chi connectivity index (χ1n) is 47.1. The van der Waals surface area contributed by atoms with Gasteiger partial charge in [0.2, 0.25) is 0 Å². The Kier molecular flexibility index (Phi) is 21.3. The van der Waals surface area contributed by atoms with Crippen LogP contribution in [0.1, 0.15) is 256 Å². The number of benzene rings is 20. The highest BCUT2D eigenvalue weighted by Gasteiger charge is 2.31. The van der Waals surface area contributed by atoms with Crippen molar-refractivity contribution in [3.05, 3.63) is 280 Å². The number of aryl methyl sites for hydroxylation is 38. The van der Waals surface area contributed by atoms with Crippen LogP contribution in [0.15, 0.2) is 24.3 Å². The third kappa shape index (κ3) is 11.5. The lowest BCUT2D eigenvalue weighted by molar-refractivity contribution is 1.26. The number of hydrogen-bond donors (Lipinski definition) is 0. The summed E-state index contributed by atoms with van der Waals surface area (Å²) in [7, 11) is 0. The second kappa shape index (κ2) is 30.1. The zero-order valence-corrected chi connectivity index (χ0v) is 86.3. The SMILES string of the molecule is Cc1c(C)c2c(C)c(C)c3c(C)c(C)c(C)c4c(C)c(C)c(c1C)c2c34.Cc1c(C)c2c(C)c(C)c3c(C)cc(C)c4c(C)c(C)c(c1C)c2c34.Cc1c(C)c2cc(C)c3c(C)c(C)c(C)c4c(C)c(C)c(c1C)c2c34.Cc1c(C)c2cc(C)c3c(C)c(C)c(C)c4c(C)c(C)c(c1C)c2c34.Cc1cc2c(C)c(C)c3c(C)c(C)c(C)c4c(C)c(C)c(c1C)c2c34. The van der Waals surface area contributed by atoms with Gasteiger partial charge in [-0.1, -0.05) is 24.3 Å². The molecule has 0 amide bonds. The molecule has 20 aromatic carbocycles. The third-order valence-corrected chi connectivity index (χ3v) is 36.0. The molecule has 0 radical (unpaired) electrons. The van der Waals surface area contributed by atoms with Gasteiger partial charge in [-0.25, -0.2) is 0 Å². The Morgan fingerprint density at radius 2 is 0.175 bits per heavy atom. The van der Waals surface area contributed by atoms with Gasteiger partial charge in [-0.2, -0.15) is 0 Å². The zero-order valence-electron chi connectivity index (χ0n) is 86.3. The second-order valence-corrected chi connectivity index (χ2v) is 41.0. The monoisotopic (exact) mass is 1660 g/mol.